The lowest BCUT2D eigenvalue weighted by Crippen LogP contribution is -2.34. The molecule has 0 saturated heterocycles. The first kappa shape index (κ1) is 26.0. The van der Waals surface area contributed by atoms with Crippen LogP contribution in [0.15, 0.2) is 47.6 Å². The molecule has 9 heteroatoms. The highest BCUT2D eigenvalue weighted by Crippen LogP contribution is 2.38. The van der Waals surface area contributed by atoms with Crippen LogP contribution >= 0.6 is 0 Å². The standard InChI is InChI=1S/C29H37FN8/c1-32-26-27(34-18-19-10-15-25(33-17-19)20-6-5-7-21(30)16-20)36-29(35-23-13-11-22(31)12-14-23)37-28(26)38(2)24-8-3-4-9-24/h5-7,10,15-17,22-24H,1,3-4,8-9,11-14,18,31H2,2H3,(H2,34,35,36,37). The van der Waals surface area contributed by atoms with Crippen LogP contribution in [-0.4, -0.2) is 46.8 Å². The van der Waals surface area contributed by atoms with Gasteiger partial charge in [0.1, 0.15) is 11.5 Å². The van der Waals surface area contributed by atoms with Gasteiger partial charge in [0.15, 0.2) is 11.6 Å². The van der Waals surface area contributed by atoms with Crippen molar-refractivity contribution in [2.75, 3.05) is 22.6 Å². The van der Waals surface area contributed by atoms with Gasteiger partial charge < -0.3 is 21.3 Å². The van der Waals surface area contributed by atoms with Gasteiger partial charge >= 0.3 is 0 Å². The maximum Gasteiger partial charge on any atom is 0.226 e. The van der Waals surface area contributed by atoms with Crippen molar-refractivity contribution in [1.82, 2.24) is 15.0 Å². The van der Waals surface area contributed by atoms with Crippen LogP contribution in [0.3, 0.4) is 0 Å². The van der Waals surface area contributed by atoms with Gasteiger partial charge in [-0.15, -0.1) is 0 Å². The second-order valence-corrected chi connectivity index (χ2v) is 10.4. The normalized spacial score (nSPS) is 19.8. The molecule has 0 amide bonds. The number of hydrogen-bond acceptors (Lipinski definition) is 8. The van der Waals surface area contributed by atoms with Gasteiger partial charge in [-0.1, -0.05) is 31.0 Å². The average molecular weight is 517 g/mol. The first-order chi connectivity index (χ1) is 18.5. The molecule has 3 aromatic rings. The molecule has 4 N–H and O–H groups in total. The van der Waals surface area contributed by atoms with Crippen LogP contribution in [0.1, 0.15) is 56.9 Å². The van der Waals surface area contributed by atoms with Crippen LogP contribution in [0, 0.1) is 5.82 Å². The Morgan fingerprint density at radius 1 is 1.08 bits per heavy atom. The van der Waals surface area contributed by atoms with Crippen molar-refractivity contribution in [2.24, 2.45) is 10.7 Å². The van der Waals surface area contributed by atoms with Gasteiger partial charge in [0.25, 0.3) is 0 Å². The third-order valence-electron chi connectivity index (χ3n) is 7.74. The molecule has 0 unspecified atom stereocenters. The van der Waals surface area contributed by atoms with E-state index in [2.05, 4.69) is 39.3 Å². The SMILES string of the molecule is C=Nc1c(NCc2ccc(-c3cccc(F)c3)nc2)nc(NC2CCC(N)CC2)nc1N(C)C1CCCC1. The molecular formula is C29H37FN8. The van der Waals surface area contributed by atoms with Crippen molar-refractivity contribution < 1.29 is 4.39 Å². The van der Waals surface area contributed by atoms with Crippen molar-refractivity contribution in [3.63, 3.8) is 0 Å². The second-order valence-electron chi connectivity index (χ2n) is 10.4. The molecule has 2 aromatic heterocycles. The summed E-state index contributed by atoms with van der Waals surface area (Å²) in [6.07, 6.45) is 10.6. The Balaban J connectivity index is 1.38. The summed E-state index contributed by atoms with van der Waals surface area (Å²) in [5, 5.41) is 7.01. The molecule has 38 heavy (non-hydrogen) atoms. The summed E-state index contributed by atoms with van der Waals surface area (Å²) in [6, 6.07) is 11.4. The van der Waals surface area contributed by atoms with Crippen LogP contribution in [0.5, 0.6) is 0 Å². The summed E-state index contributed by atoms with van der Waals surface area (Å²) in [5.41, 5.74) is 9.21. The van der Waals surface area contributed by atoms with Crippen LogP contribution in [0.2, 0.25) is 0 Å². The van der Waals surface area contributed by atoms with E-state index in [0.29, 0.717) is 36.1 Å². The quantitative estimate of drug-likeness (QED) is 0.314. The predicted molar refractivity (Wildman–Crippen MR) is 153 cm³/mol. The van der Waals surface area contributed by atoms with E-state index in [0.717, 1.165) is 61.2 Å². The van der Waals surface area contributed by atoms with Crippen molar-refractivity contribution in [3.8, 4) is 11.3 Å². The molecule has 0 atom stereocenters. The summed E-state index contributed by atoms with van der Waals surface area (Å²) >= 11 is 0. The molecule has 0 aliphatic heterocycles. The lowest BCUT2D eigenvalue weighted by Gasteiger charge is -2.29. The zero-order valence-corrected chi connectivity index (χ0v) is 22.0. The van der Waals surface area contributed by atoms with E-state index < -0.39 is 0 Å². The number of benzene rings is 1. The van der Waals surface area contributed by atoms with Crippen molar-refractivity contribution in [2.45, 2.75) is 76.0 Å². The molecule has 5 rings (SSSR count). The largest absolute Gasteiger partial charge is 0.364 e. The van der Waals surface area contributed by atoms with Gasteiger partial charge in [0.2, 0.25) is 5.95 Å². The smallest absolute Gasteiger partial charge is 0.226 e. The zero-order valence-electron chi connectivity index (χ0n) is 22.0. The van der Waals surface area contributed by atoms with E-state index >= 15 is 0 Å². The summed E-state index contributed by atoms with van der Waals surface area (Å²) < 4.78 is 13.6. The van der Waals surface area contributed by atoms with Gasteiger partial charge in [0.05, 0.1) is 5.69 Å². The average Bonchev–Trinajstić information content (AvgIpc) is 3.48. The lowest BCUT2D eigenvalue weighted by molar-refractivity contribution is 0.410. The number of rotatable bonds is 9. The summed E-state index contributed by atoms with van der Waals surface area (Å²) in [4.78, 5) is 20.9. The number of halogens is 1. The van der Waals surface area contributed by atoms with Gasteiger partial charge in [-0.05, 0) is 69.0 Å². The molecule has 2 fully saturated rings. The van der Waals surface area contributed by atoms with E-state index in [4.69, 9.17) is 15.7 Å². The van der Waals surface area contributed by atoms with Crippen molar-refractivity contribution in [1.29, 1.82) is 0 Å². The Hall–Kier alpha value is -3.59. The van der Waals surface area contributed by atoms with Gasteiger partial charge in [0, 0.05) is 43.5 Å². The monoisotopic (exact) mass is 516 g/mol. The first-order valence-corrected chi connectivity index (χ1v) is 13.6. The Labute approximate surface area is 224 Å². The second kappa shape index (κ2) is 11.9. The van der Waals surface area contributed by atoms with Gasteiger partial charge in [-0.25, -0.2) is 4.39 Å². The third kappa shape index (κ3) is 6.10. The topological polar surface area (TPSA) is 104 Å². The fourth-order valence-electron chi connectivity index (χ4n) is 5.47. The molecule has 2 heterocycles. The van der Waals surface area contributed by atoms with E-state index in [9.17, 15) is 4.39 Å². The summed E-state index contributed by atoms with van der Waals surface area (Å²) in [6.45, 7) is 4.35. The third-order valence-corrected chi connectivity index (χ3v) is 7.74. The van der Waals surface area contributed by atoms with Crippen LogP contribution in [0.25, 0.3) is 11.3 Å². The molecule has 200 valence electrons. The number of anilines is 3. The van der Waals surface area contributed by atoms with Crippen molar-refractivity contribution in [3.05, 3.63) is 54.0 Å². The lowest BCUT2D eigenvalue weighted by atomic mass is 9.92. The Morgan fingerprint density at radius 2 is 1.87 bits per heavy atom. The molecular weight excluding hydrogens is 479 g/mol. The van der Waals surface area contributed by atoms with Crippen LogP contribution in [-0.2, 0) is 6.54 Å². The first-order valence-electron chi connectivity index (χ1n) is 13.6. The van der Waals surface area contributed by atoms with E-state index in [-0.39, 0.29) is 11.9 Å². The molecule has 0 bridgehead atoms. The fourth-order valence-corrected chi connectivity index (χ4v) is 5.47. The molecule has 2 saturated carbocycles. The maximum atomic E-state index is 13.6. The molecule has 2 aliphatic rings. The number of nitrogens with zero attached hydrogens (tertiary/aromatic N) is 5. The number of nitrogens with two attached hydrogens (primary N) is 1. The minimum atomic E-state index is -0.276. The number of aromatic nitrogens is 3. The molecule has 0 spiro atoms. The molecule has 2 aliphatic carbocycles. The Bertz CT molecular complexity index is 1230. The number of hydrogen-bond donors (Lipinski definition) is 3. The van der Waals surface area contributed by atoms with E-state index in [1.807, 2.05) is 18.2 Å². The highest BCUT2D eigenvalue weighted by molar-refractivity contribution is 5.78. The Morgan fingerprint density at radius 3 is 2.55 bits per heavy atom. The van der Waals surface area contributed by atoms with Crippen LogP contribution < -0.4 is 21.3 Å². The van der Waals surface area contributed by atoms with Gasteiger partial charge in [-0.2, -0.15) is 9.97 Å². The van der Waals surface area contributed by atoms with Crippen molar-refractivity contribution >= 4 is 30.0 Å². The molecule has 1 aromatic carbocycles. The number of pyridine rings is 1. The molecule has 8 nitrogen and oxygen atoms in total. The fraction of sp³-hybridized carbons (Fsp3) is 0.448. The van der Waals surface area contributed by atoms with E-state index in [1.54, 1.807) is 12.3 Å². The highest BCUT2D eigenvalue weighted by atomic mass is 19.1. The minimum absolute atomic E-state index is 0.276. The number of nitrogens with one attached hydrogen (secondary N) is 2. The highest BCUT2D eigenvalue weighted by Gasteiger charge is 2.26. The predicted octanol–water partition coefficient (Wildman–Crippen LogP) is 5.68. The minimum Gasteiger partial charge on any atom is -0.364 e. The number of aliphatic imine (C=N–C) groups is 1. The summed E-state index contributed by atoms with van der Waals surface area (Å²) in [5.74, 6) is 1.75. The zero-order chi connectivity index (χ0) is 26.5. The summed E-state index contributed by atoms with van der Waals surface area (Å²) in [7, 11) is 2.09. The Kier molecular flexibility index (Phi) is 8.12. The van der Waals surface area contributed by atoms with E-state index in [1.165, 1.54) is 25.0 Å². The van der Waals surface area contributed by atoms with Crippen LogP contribution in [0.4, 0.5) is 27.7 Å². The molecule has 0 radical (unpaired) electrons. The maximum absolute atomic E-state index is 13.6. The van der Waals surface area contributed by atoms with Gasteiger partial charge in [-0.3, -0.25) is 9.98 Å².